The van der Waals surface area contributed by atoms with Gasteiger partial charge < -0.3 is 14.9 Å². The predicted octanol–water partition coefficient (Wildman–Crippen LogP) is 6.45. The number of rotatable bonds is 7. The van der Waals surface area contributed by atoms with E-state index in [1.807, 2.05) is 19.1 Å². The molecule has 13 heteroatoms. The van der Waals surface area contributed by atoms with Crippen LogP contribution in [-0.4, -0.2) is 55.2 Å². The van der Waals surface area contributed by atoms with Crippen molar-refractivity contribution < 1.29 is 23.4 Å². The Morgan fingerprint density at radius 2 is 1.21 bits per heavy atom. The minimum Gasteiger partial charge on any atom is -0.394 e. The molecule has 0 amide bonds. The fourth-order valence-electron chi connectivity index (χ4n) is 5.20. The van der Waals surface area contributed by atoms with Crippen molar-refractivity contribution in [2.45, 2.75) is 62.9 Å². The summed E-state index contributed by atoms with van der Waals surface area (Å²) in [6.07, 6.45) is 5.62. The Bertz CT molecular complexity index is 1380. The van der Waals surface area contributed by atoms with Crippen molar-refractivity contribution in [3.63, 3.8) is 0 Å². The minimum absolute atomic E-state index is 0.100. The van der Waals surface area contributed by atoms with Crippen molar-refractivity contribution in [1.82, 2.24) is 0 Å². The second-order valence-electron chi connectivity index (χ2n) is 10.4. The molecule has 2 atom stereocenters. The topological polar surface area (TPSA) is 147 Å². The molecule has 5 rings (SSSR count). The Labute approximate surface area is 256 Å². The summed E-state index contributed by atoms with van der Waals surface area (Å²) in [5.74, 6) is 0. The number of halogens is 1. The second-order valence-corrected chi connectivity index (χ2v) is 12.9. The van der Waals surface area contributed by atoms with E-state index in [0.717, 1.165) is 49.3 Å². The average molecular weight is 633 g/mol. The van der Waals surface area contributed by atoms with E-state index in [-0.39, 0.29) is 33.8 Å². The normalized spacial score (nSPS) is 17.9. The monoisotopic (exact) mass is 632 g/mol. The summed E-state index contributed by atoms with van der Waals surface area (Å²) in [5.41, 5.74) is 3.32. The summed E-state index contributed by atoms with van der Waals surface area (Å²) in [6, 6.07) is 20.5. The van der Waals surface area contributed by atoms with Gasteiger partial charge in [-0.2, -0.15) is 0 Å². The van der Waals surface area contributed by atoms with Crippen LogP contribution >= 0.6 is 10.7 Å². The third-order valence-electron chi connectivity index (χ3n) is 7.52. The highest BCUT2D eigenvalue weighted by atomic mass is 35.7. The molecule has 11 nitrogen and oxygen atoms in total. The molecule has 3 aromatic carbocycles. The largest absolute Gasteiger partial charge is 0.394 e. The van der Waals surface area contributed by atoms with E-state index in [2.05, 4.69) is 16.7 Å². The van der Waals surface area contributed by atoms with E-state index in [1.165, 1.54) is 37.1 Å². The lowest BCUT2D eigenvalue weighted by molar-refractivity contribution is -0.385. The lowest BCUT2D eigenvalue weighted by Crippen LogP contribution is -2.31. The van der Waals surface area contributed by atoms with Gasteiger partial charge in [0.1, 0.15) is 0 Å². The van der Waals surface area contributed by atoms with Crippen LogP contribution in [0.5, 0.6) is 0 Å². The third-order valence-corrected chi connectivity index (χ3v) is 8.89. The summed E-state index contributed by atoms with van der Waals surface area (Å²) in [5, 5.41) is 30.2. The van der Waals surface area contributed by atoms with Crippen molar-refractivity contribution in [3.8, 4) is 0 Å². The van der Waals surface area contributed by atoms with Gasteiger partial charge in [0.2, 0.25) is 0 Å². The summed E-state index contributed by atoms with van der Waals surface area (Å²) < 4.78 is 21.4. The molecule has 2 saturated heterocycles. The average Bonchev–Trinajstić information content (AvgIpc) is 3.67. The smallest absolute Gasteiger partial charge is 0.269 e. The lowest BCUT2D eigenvalue weighted by atomic mass is 10.1. The zero-order valence-corrected chi connectivity index (χ0v) is 25.8. The first-order valence-electron chi connectivity index (χ1n) is 14.1. The molecule has 0 aromatic heterocycles. The molecule has 0 saturated carbocycles. The van der Waals surface area contributed by atoms with Crippen molar-refractivity contribution in [2.75, 3.05) is 29.5 Å². The number of anilines is 2. The van der Waals surface area contributed by atoms with Crippen LogP contribution < -0.4 is 9.80 Å². The van der Waals surface area contributed by atoms with Gasteiger partial charge in [0.25, 0.3) is 20.4 Å². The van der Waals surface area contributed by atoms with Gasteiger partial charge >= 0.3 is 0 Å². The summed E-state index contributed by atoms with van der Waals surface area (Å²) in [7, 11) is 1.54. The fraction of sp³-hybridized carbons (Fsp3) is 0.400. The van der Waals surface area contributed by atoms with E-state index < -0.39 is 14.0 Å². The highest BCUT2D eigenvalue weighted by molar-refractivity contribution is 8.13. The number of benzene rings is 3. The SMILES string of the molecule is CCC1CCCN1c1ccc([N+](=O)[O-])cc1.Cc1ccc(S(=O)(=O)Cl)cc1.O=[N+]([O-])c1ccc(N2CCCC2CO)cc1. The molecule has 0 radical (unpaired) electrons. The first kappa shape index (κ1) is 33.8. The second kappa shape index (κ2) is 15.6. The quantitative estimate of drug-likeness (QED) is 0.176. The zero-order valence-electron chi connectivity index (χ0n) is 24.2. The van der Waals surface area contributed by atoms with E-state index in [9.17, 15) is 33.8 Å². The molecule has 43 heavy (non-hydrogen) atoms. The molecule has 2 aliphatic rings. The molecule has 1 N–H and O–H groups in total. The molecular formula is C30H37ClN4O7S. The van der Waals surface area contributed by atoms with Crippen LogP contribution in [0.4, 0.5) is 22.7 Å². The van der Waals surface area contributed by atoms with Crippen LogP contribution in [0.1, 0.15) is 44.6 Å². The fourth-order valence-corrected chi connectivity index (χ4v) is 5.97. The predicted molar refractivity (Wildman–Crippen MR) is 169 cm³/mol. The van der Waals surface area contributed by atoms with E-state index >= 15 is 0 Å². The molecule has 2 fully saturated rings. The summed E-state index contributed by atoms with van der Waals surface area (Å²) >= 11 is 0. The van der Waals surface area contributed by atoms with E-state index in [4.69, 9.17) is 10.7 Å². The van der Waals surface area contributed by atoms with Gasteiger partial charge in [-0.3, -0.25) is 20.2 Å². The van der Waals surface area contributed by atoms with Gasteiger partial charge in [-0.15, -0.1) is 0 Å². The van der Waals surface area contributed by atoms with Crippen molar-refractivity contribution in [3.05, 3.63) is 98.6 Å². The number of hydrogen-bond acceptors (Lipinski definition) is 9. The number of aryl methyl sites for hydroxylation is 1. The van der Waals surface area contributed by atoms with Gasteiger partial charge in [-0.1, -0.05) is 24.6 Å². The number of aliphatic hydroxyl groups is 1. The van der Waals surface area contributed by atoms with Gasteiger partial charge in [-0.25, -0.2) is 8.42 Å². The van der Waals surface area contributed by atoms with E-state index in [0.29, 0.717) is 6.04 Å². The minimum atomic E-state index is -3.55. The Hall–Kier alpha value is -3.74. The number of nitro benzene ring substituents is 2. The standard InChI is InChI=1S/C12H16N2O2.C11H14N2O3.C7H7ClO2S/c1-2-10-4-3-9-13(10)11-5-7-12(8-6-11)14(15)16;14-8-11-2-1-7-12(11)9-3-5-10(6-4-9)13(15)16;1-6-2-4-7(5-3-6)11(8,9)10/h5-8,10H,2-4,9H2,1H3;3-6,11,14H,1-2,7-8H2;2-5H,1H3. The van der Waals surface area contributed by atoms with Crippen molar-refractivity contribution >= 4 is 42.5 Å². The third kappa shape index (κ3) is 9.63. The summed E-state index contributed by atoms with van der Waals surface area (Å²) in [6.45, 7) is 6.18. The maximum absolute atomic E-state index is 10.7. The van der Waals surface area contributed by atoms with Crippen LogP contribution in [0.15, 0.2) is 77.7 Å². The number of nitrogens with zero attached hydrogens (tertiary/aromatic N) is 4. The number of hydrogen-bond donors (Lipinski definition) is 1. The molecule has 2 aliphatic heterocycles. The first-order valence-corrected chi connectivity index (χ1v) is 16.4. The van der Waals surface area contributed by atoms with Crippen LogP contribution in [0.3, 0.4) is 0 Å². The van der Waals surface area contributed by atoms with Gasteiger partial charge in [-0.05, 0) is 75.4 Å². The number of nitro groups is 2. The van der Waals surface area contributed by atoms with Crippen molar-refractivity contribution in [1.29, 1.82) is 0 Å². The molecule has 2 heterocycles. The maximum atomic E-state index is 10.7. The molecule has 232 valence electrons. The molecule has 0 aliphatic carbocycles. The van der Waals surface area contributed by atoms with Crippen LogP contribution in [-0.2, 0) is 9.05 Å². The highest BCUT2D eigenvalue weighted by Crippen LogP contribution is 2.29. The molecule has 2 unspecified atom stereocenters. The van der Waals surface area contributed by atoms with Crippen LogP contribution in [0, 0.1) is 27.2 Å². The van der Waals surface area contributed by atoms with Gasteiger partial charge in [0.05, 0.1) is 27.4 Å². The Morgan fingerprint density at radius 3 is 1.58 bits per heavy atom. The maximum Gasteiger partial charge on any atom is 0.269 e. The first-order chi connectivity index (χ1) is 20.4. The Balaban J connectivity index is 0.000000180. The number of non-ortho nitro benzene ring substituents is 2. The molecule has 0 spiro atoms. The van der Waals surface area contributed by atoms with E-state index in [1.54, 1.807) is 36.4 Å². The van der Waals surface area contributed by atoms with Crippen LogP contribution in [0.2, 0.25) is 0 Å². The Kier molecular flexibility index (Phi) is 12.3. The van der Waals surface area contributed by atoms with Crippen molar-refractivity contribution in [2.24, 2.45) is 0 Å². The molecule has 3 aromatic rings. The summed E-state index contributed by atoms with van der Waals surface area (Å²) in [4.78, 5) is 24.9. The lowest BCUT2D eigenvalue weighted by Gasteiger charge is -2.25. The highest BCUT2D eigenvalue weighted by Gasteiger charge is 2.24. The molecular weight excluding hydrogens is 596 g/mol. The van der Waals surface area contributed by atoms with Gasteiger partial charge in [0, 0.05) is 65.5 Å². The zero-order chi connectivity index (χ0) is 31.6. The van der Waals surface area contributed by atoms with Gasteiger partial charge in [0.15, 0.2) is 0 Å². The van der Waals surface area contributed by atoms with Crippen LogP contribution in [0.25, 0.3) is 0 Å². The molecule has 0 bridgehead atoms. The number of aliphatic hydroxyl groups excluding tert-OH is 1. The Morgan fingerprint density at radius 1 is 0.791 bits per heavy atom.